The predicted octanol–water partition coefficient (Wildman–Crippen LogP) is 4.02. The van der Waals surface area contributed by atoms with Crippen molar-refractivity contribution >= 4 is 39.1 Å². The zero-order valence-corrected chi connectivity index (χ0v) is 17.8. The molecule has 1 aliphatic rings. The molecule has 2 aromatic carbocycles. The molecule has 1 heterocycles. The molecule has 0 bridgehead atoms. The normalized spacial score (nSPS) is 16.1. The Morgan fingerprint density at radius 3 is 2.21 bits per heavy atom. The third kappa shape index (κ3) is 4.69. The monoisotopic (exact) mass is 440 g/mol. The predicted molar refractivity (Wildman–Crippen MR) is 111 cm³/mol. The number of aryl methyl sites for hydroxylation is 1. The van der Waals surface area contributed by atoms with Crippen LogP contribution in [0.2, 0.25) is 10.0 Å². The molecule has 1 fully saturated rings. The molecule has 2 aromatic rings. The van der Waals surface area contributed by atoms with Crippen LogP contribution in [0.4, 0.5) is 0 Å². The van der Waals surface area contributed by atoms with E-state index in [2.05, 4.69) is 5.32 Å². The number of benzene rings is 2. The van der Waals surface area contributed by atoms with Gasteiger partial charge in [-0.25, -0.2) is 8.42 Å². The number of carbonyl (C=O) groups is 1. The minimum absolute atomic E-state index is 0.0478. The number of nitrogens with zero attached hydrogens (tertiary/aromatic N) is 1. The summed E-state index contributed by atoms with van der Waals surface area (Å²) >= 11 is 12.1. The van der Waals surface area contributed by atoms with E-state index in [1.807, 2.05) is 31.2 Å². The molecule has 3 rings (SSSR count). The van der Waals surface area contributed by atoms with Crippen LogP contribution in [0.3, 0.4) is 0 Å². The molecular formula is C20H22Cl2N2O3S. The number of sulfonamides is 1. The summed E-state index contributed by atoms with van der Waals surface area (Å²) in [5.41, 5.74) is 2.20. The Morgan fingerprint density at radius 1 is 1.07 bits per heavy atom. The third-order valence-corrected chi connectivity index (χ3v) is 7.78. The maximum atomic E-state index is 12.9. The topological polar surface area (TPSA) is 66.5 Å². The molecule has 1 aliphatic heterocycles. The molecule has 8 heteroatoms. The van der Waals surface area contributed by atoms with Gasteiger partial charge in [0.2, 0.25) is 15.9 Å². The second-order valence-corrected chi connectivity index (χ2v) is 9.62. The first kappa shape index (κ1) is 21.1. The van der Waals surface area contributed by atoms with E-state index in [-0.39, 0.29) is 39.9 Å². The van der Waals surface area contributed by atoms with Gasteiger partial charge in [-0.05, 0) is 37.5 Å². The molecule has 0 aliphatic carbocycles. The number of rotatable bonds is 5. The van der Waals surface area contributed by atoms with Crippen LogP contribution in [-0.4, -0.2) is 31.7 Å². The van der Waals surface area contributed by atoms with Gasteiger partial charge >= 0.3 is 0 Å². The molecule has 0 atom stereocenters. The highest BCUT2D eigenvalue weighted by molar-refractivity contribution is 7.89. The average molecular weight is 441 g/mol. The maximum Gasteiger partial charge on any atom is 0.246 e. The number of amides is 1. The molecule has 1 N–H and O–H groups in total. The number of nitrogens with one attached hydrogen (secondary N) is 1. The molecule has 1 saturated heterocycles. The minimum atomic E-state index is -3.79. The molecular weight excluding hydrogens is 419 g/mol. The van der Waals surface area contributed by atoms with Crippen LogP contribution in [0.15, 0.2) is 47.4 Å². The fourth-order valence-corrected chi connectivity index (χ4v) is 5.82. The van der Waals surface area contributed by atoms with Gasteiger partial charge in [-0.2, -0.15) is 4.31 Å². The Morgan fingerprint density at radius 2 is 1.64 bits per heavy atom. The van der Waals surface area contributed by atoms with Gasteiger partial charge < -0.3 is 5.32 Å². The van der Waals surface area contributed by atoms with E-state index in [1.54, 1.807) is 6.07 Å². The summed E-state index contributed by atoms with van der Waals surface area (Å²) < 4.78 is 27.2. The molecule has 0 saturated carbocycles. The van der Waals surface area contributed by atoms with Gasteiger partial charge in [0.15, 0.2) is 0 Å². The lowest BCUT2D eigenvalue weighted by molar-refractivity contribution is -0.126. The first-order chi connectivity index (χ1) is 13.3. The molecule has 28 heavy (non-hydrogen) atoms. The third-order valence-electron chi connectivity index (χ3n) is 4.93. The van der Waals surface area contributed by atoms with Crippen LogP contribution >= 0.6 is 23.2 Å². The van der Waals surface area contributed by atoms with E-state index in [0.29, 0.717) is 19.4 Å². The molecule has 150 valence electrons. The number of halogens is 2. The Labute approximate surface area is 175 Å². The average Bonchev–Trinajstić information content (AvgIpc) is 2.67. The first-order valence-corrected chi connectivity index (χ1v) is 11.3. The van der Waals surface area contributed by atoms with Crippen molar-refractivity contribution in [3.05, 3.63) is 63.6 Å². The van der Waals surface area contributed by atoms with Gasteiger partial charge in [-0.15, -0.1) is 0 Å². The second kappa shape index (κ2) is 8.82. The van der Waals surface area contributed by atoms with E-state index in [0.717, 1.165) is 5.56 Å². The minimum Gasteiger partial charge on any atom is -0.352 e. The van der Waals surface area contributed by atoms with Crippen LogP contribution in [0.1, 0.15) is 24.0 Å². The van der Waals surface area contributed by atoms with Crippen LogP contribution < -0.4 is 5.32 Å². The fraction of sp³-hybridized carbons (Fsp3) is 0.350. The summed E-state index contributed by atoms with van der Waals surface area (Å²) in [6, 6.07) is 12.6. The van der Waals surface area contributed by atoms with Crippen molar-refractivity contribution < 1.29 is 13.2 Å². The zero-order chi connectivity index (χ0) is 20.3. The molecule has 0 spiro atoms. The number of piperidine rings is 1. The fourth-order valence-electron chi connectivity index (χ4n) is 3.26. The van der Waals surface area contributed by atoms with Crippen molar-refractivity contribution in [2.75, 3.05) is 13.1 Å². The highest BCUT2D eigenvalue weighted by Crippen LogP contribution is 2.33. The molecule has 0 radical (unpaired) electrons. The maximum absolute atomic E-state index is 12.9. The lowest BCUT2D eigenvalue weighted by Crippen LogP contribution is -2.43. The second-order valence-electron chi connectivity index (χ2n) is 6.93. The first-order valence-electron chi connectivity index (χ1n) is 9.06. The highest BCUT2D eigenvalue weighted by Gasteiger charge is 2.34. The lowest BCUT2D eigenvalue weighted by Gasteiger charge is -2.31. The SMILES string of the molecule is Cc1ccc(CNC(=O)C2CCN(S(=O)(=O)c3c(Cl)cccc3Cl)CC2)cc1. The quantitative estimate of drug-likeness (QED) is 0.762. The van der Waals surface area contributed by atoms with Crippen LogP contribution in [-0.2, 0) is 21.4 Å². The molecule has 1 amide bonds. The van der Waals surface area contributed by atoms with Crippen LogP contribution in [0.25, 0.3) is 0 Å². The number of carbonyl (C=O) groups excluding carboxylic acids is 1. The number of hydrogen-bond acceptors (Lipinski definition) is 3. The summed E-state index contributed by atoms with van der Waals surface area (Å²) in [6.45, 7) is 2.99. The van der Waals surface area contributed by atoms with Gasteiger partial charge in [0.1, 0.15) is 4.90 Å². The van der Waals surface area contributed by atoms with E-state index >= 15 is 0 Å². The standard InChI is InChI=1S/C20H22Cl2N2O3S/c1-14-5-7-15(8-6-14)13-23-20(25)16-9-11-24(12-10-16)28(26,27)19-17(21)3-2-4-18(19)22/h2-8,16H,9-13H2,1H3,(H,23,25). The zero-order valence-electron chi connectivity index (χ0n) is 15.5. The van der Waals surface area contributed by atoms with Crippen LogP contribution in [0, 0.1) is 12.8 Å². The Hall–Kier alpha value is -1.60. The summed E-state index contributed by atoms with van der Waals surface area (Å²) in [5.74, 6) is -0.257. The summed E-state index contributed by atoms with van der Waals surface area (Å²) in [6.07, 6.45) is 0.919. The van der Waals surface area contributed by atoms with Crippen molar-refractivity contribution in [1.82, 2.24) is 9.62 Å². The van der Waals surface area contributed by atoms with E-state index < -0.39 is 10.0 Å². The van der Waals surface area contributed by atoms with Crippen molar-refractivity contribution in [1.29, 1.82) is 0 Å². The van der Waals surface area contributed by atoms with Crippen LogP contribution in [0.5, 0.6) is 0 Å². The summed E-state index contributed by atoms with van der Waals surface area (Å²) in [7, 11) is -3.79. The van der Waals surface area contributed by atoms with Crippen molar-refractivity contribution in [3.63, 3.8) is 0 Å². The summed E-state index contributed by atoms with van der Waals surface area (Å²) in [4.78, 5) is 12.4. The van der Waals surface area contributed by atoms with E-state index in [4.69, 9.17) is 23.2 Å². The lowest BCUT2D eigenvalue weighted by atomic mass is 9.97. The molecule has 0 aromatic heterocycles. The van der Waals surface area contributed by atoms with Gasteiger partial charge in [-0.1, -0.05) is 59.1 Å². The van der Waals surface area contributed by atoms with Crippen molar-refractivity contribution in [3.8, 4) is 0 Å². The molecule has 5 nitrogen and oxygen atoms in total. The van der Waals surface area contributed by atoms with Gasteiger partial charge in [-0.3, -0.25) is 4.79 Å². The van der Waals surface area contributed by atoms with Gasteiger partial charge in [0, 0.05) is 25.6 Å². The number of hydrogen-bond donors (Lipinski definition) is 1. The van der Waals surface area contributed by atoms with E-state index in [9.17, 15) is 13.2 Å². The Bertz CT molecular complexity index is 934. The largest absolute Gasteiger partial charge is 0.352 e. The summed E-state index contributed by atoms with van der Waals surface area (Å²) in [5, 5.41) is 3.15. The van der Waals surface area contributed by atoms with Gasteiger partial charge in [0.25, 0.3) is 0 Å². The van der Waals surface area contributed by atoms with Gasteiger partial charge in [0.05, 0.1) is 10.0 Å². The molecule has 0 unspecified atom stereocenters. The van der Waals surface area contributed by atoms with Crippen molar-refractivity contribution in [2.45, 2.75) is 31.2 Å². The van der Waals surface area contributed by atoms with Crippen molar-refractivity contribution in [2.24, 2.45) is 5.92 Å². The Kier molecular flexibility index (Phi) is 6.65. The Balaban J connectivity index is 1.59. The smallest absolute Gasteiger partial charge is 0.246 e. The highest BCUT2D eigenvalue weighted by atomic mass is 35.5. The van der Waals surface area contributed by atoms with E-state index in [1.165, 1.54) is 22.0 Å².